The molecule has 0 bridgehead atoms. The van der Waals surface area contributed by atoms with E-state index in [4.69, 9.17) is 39.9 Å². The van der Waals surface area contributed by atoms with E-state index < -0.39 is 32.5 Å². The van der Waals surface area contributed by atoms with Gasteiger partial charge in [0.25, 0.3) is 0 Å². The number of benzene rings is 1. The third-order valence-electron chi connectivity index (χ3n) is 1.19. The first-order chi connectivity index (χ1) is 5.46. The first-order valence-corrected chi connectivity index (χ1v) is 3.80. The molecule has 0 unspecified atom stereocenters. The summed E-state index contributed by atoms with van der Waals surface area (Å²) in [5, 5.41) is 6.68. The van der Waals surface area contributed by atoms with Gasteiger partial charge in [0.1, 0.15) is 15.1 Å². The third-order valence-corrected chi connectivity index (χ3v) is 2.21. The van der Waals surface area contributed by atoms with E-state index in [9.17, 15) is 8.78 Å². The SMILES string of the molecule is Oc1c(Cl)c(F)c(Cl)c(F)c1Cl. The molecule has 0 saturated heterocycles. The van der Waals surface area contributed by atoms with Gasteiger partial charge in [-0.1, -0.05) is 34.8 Å². The molecule has 0 heterocycles. The molecule has 1 rings (SSSR count). The number of aromatic hydroxyl groups is 1. The Morgan fingerprint density at radius 3 is 1.50 bits per heavy atom. The van der Waals surface area contributed by atoms with E-state index in [1.165, 1.54) is 0 Å². The molecule has 0 aliphatic heterocycles. The fraction of sp³-hybridized carbons (Fsp3) is 0. The molecule has 6 heteroatoms. The molecule has 0 spiro atoms. The second-order valence-corrected chi connectivity index (χ2v) is 3.05. The fourth-order valence-electron chi connectivity index (χ4n) is 0.593. The second kappa shape index (κ2) is 3.24. The summed E-state index contributed by atoms with van der Waals surface area (Å²) in [4.78, 5) is 0. The van der Waals surface area contributed by atoms with Crippen LogP contribution in [0, 0.1) is 11.6 Å². The van der Waals surface area contributed by atoms with Crippen molar-refractivity contribution in [3.63, 3.8) is 0 Å². The summed E-state index contributed by atoms with van der Waals surface area (Å²) < 4.78 is 25.4. The average Bonchev–Trinajstić information content (AvgIpc) is 2.08. The van der Waals surface area contributed by atoms with Crippen molar-refractivity contribution in [1.82, 2.24) is 0 Å². The van der Waals surface area contributed by atoms with E-state index in [2.05, 4.69) is 0 Å². The van der Waals surface area contributed by atoms with Crippen LogP contribution in [0.4, 0.5) is 8.78 Å². The van der Waals surface area contributed by atoms with Crippen molar-refractivity contribution in [2.45, 2.75) is 0 Å². The van der Waals surface area contributed by atoms with Gasteiger partial charge in [0.2, 0.25) is 0 Å². The topological polar surface area (TPSA) is 20.2 Å². The Hall–Kier alpha value is -0.250. The van der Waals surface area contributed by atoms with Gasteiger partial charge in [-0.15, -0.1) is 0 Å². The van der Waals surface area contributed by atoms with Crippen molar-refractivity contribution in [2.24, 2.45) is 0 Å². The number of phenolic OH excluding ortho intramolecular Hbond substituents is 1. The monoisotopic (exact) mass is 232 g/mol. The van der Waals surface area contributed by atoms with Crippen LogP contribution in [0.1, 0.15) is 0 Å². The minimum atomic E-state index is -1.22. The van der Waals surface area contributed by atoms with Gasteiger partial charge in [-0.05, 0) is 0 Å². The van der Waals surface area contributed by atoms with Gasteiger partial charge in [-0.3, -0.25) is 0 Å². The molecule has 1 N–H and O–H groups in total. The zero-order chi connectivity index (χ0) is 9.46. The lowest BCUT2D eigenvalue weighted by atomic mass is 10.3. The van der Waals surface area contributed by atoms with E-state index >= 15 is 0 Å². The first kappa shape index (κ1) is 9.84. The van der Waals surface area contributed by atoms with Crippen molar-refractivity contribution in [2.75, 3.05) is 0 Å². The molecule has 1 aromatic carbocycles. The molecule has 0 aliphatic carbocycles. The van der Waals surface area contributed by atoms with Gasteiger partial charge in [-0.2, -0.15) is 0 Å². The van der Waals surface area contributed by atoms with E-state index in [1.54, 1.807) is 0 Å². The summed E-state index contributed by atoms with van der Waals surface area (Å²) in [6.07, 6.45) is 0. The maximum absolute atomic E-state index is 12.7. The van der Waals surface area contributed by atoms with Crippen LogP contribution in [0.3, 0.4) is 0 Å². The first-order valence-electron chi connectivity index (χ1n) is 2.67. The molecule has 1 aromatic rings. The van der Waals surface area contributed by atoms with Crippen molar-refractivity contribution >= 4 is 34.8 Å². The molecule has 66 valence electrons. The summed E-state index contributed by atoms with van der Waals surface area (Å²) in [6.45, 7) is 0. The zero-order valence-electron chi connectivity index (χ0n) is 5.34. The lowest BCUT2D eigenvalue weighted by Gasteiger charge is -2.04. The highest BCUT2D eigenvalue weighted by Gasteiger charge is 2.20. The Morgan fingerprint density at radius 2 is 1.17 bits per heavy atom. The van der Waals surface area contributed by atoms with Crippen LogP contribution in [0.5, 0.6) is 5.75 Å². The van der Waals surface area contributed by atoms with Crippen molar-refractivity contribution < 1.29 is 13.9 Å². The lowest BCUT2D eigenvalue weighted by Crippen LogP contribution is -1.88. The van der Waals surface area contributed by atoms with Gasteiger partial charge in [0.05, 0.1) is 0 Å². The minimum absolute atomic E-state index is 0.689. The van der Waals surface area contributed by atoms with Crippen molar-refractivity contribution in [3.05, 3.63) is 26.7 Å². The van der Waals surface area contributed by atoms with Crippen LogP contribution in [0.2, 0.25) is 15.1 Å². The van der Waals surface area contributed by atoms with Gasteiger partial charge < -0.3 is 5.11 Å². The van der Waals surface area contributed by atoms with Gasteiger partial charge in [0.15, 0.2) is 17.4 Å². The molecule has 0 aliphatic rings. The summed E-state index contributed by atoms with van der Waals surface area (Å²) in [6, 6.07) is 0. The highest BCUT2D eigenvalue weighted by Crippen LogP contribution is 2.40. The predicted octanol–water partition coefficient (Wildman–Crippen LogP) is 3.63. The maximum atomic E-state index is 12.7. The Bertz CT molecular complexity index is 235. The van der Waals surface area contributed by atoms with E-state index in [0.717, 1.165) is 0 Å². The van der Waals surface area contributed by atoms with E-state index in [-0.39, 0.29) is 0 Å². The summed E-state index contributed by atoms with van der Waals surface area (Å²) in [5.74, 6) is -3.30. The van der Waals surface area contributed by atoms with Crippen LogP contribution in [-0.2, 0) is 0 Å². The quantitative estimate of drug-likeness (QED) is 0.536. The van der Waals surface area contributed by atoms with Gasteiger partial charge in [0, 0.05) is 0 Å². The second-order valence-electron chi connectivity index (χ2n) is 1.92. The molecule has 0 saturated carbocycles. The van der Waals surface area contributed by atoms with Crippen LogP contribution < -0.4 is 0 Å². The highest BCUT2D eigenvalue weighted by molar-refractivity contribution is 6.40. The smallest absolute Gasteiger partial charge is 0.167 e. The molecule has 12 heavy (non-hydrogen) atoms. The van der Waals surface area contributed by atoms with Crippen molar-refractivity contribution in [1.29, 1.82) is 0 Å². The number of hydrogen-bond acceptors (Lipinski definition) is 1. The number of rotatable bonds is 0. The molecule has 0 atom stereocenters. The Kier molecular flexibility index (Phi) is 2.66. The largest absolute Gasteiger partial charge is 0.505 e. The third kappa shape index (κ3) is 1.32. The Balaban J connectivity index is 3.60. The van der Waals surface area contributed by atoms with E-state index in [0.29, 0.717) is 0 Å². The van der Waals surface area contributed by atoms with Crippen LogP contribution in [0.25, 0.3) is 0 Å². The molecule has 0 radical (unpaired) electrons. The normalized spacial score (nSPS) is 10.4. The Morgan fingerprint density at radius 1 is 0.833 bits per heavy atom. The van der Waals surface area contributed by atoms with Crippen LogP contribution in [-0.4, -0.2) is 5.11 Å². The standard InChI is InChI=1S/C6HCl3F2O/c7-1-4(10)2(8)6(12)3(9)5(1)11/h12H. The molecular formula is C6HCl3F2O. The number of phenols is 1. The molecule has 1 nitrogen and oxygen atoms in total. The summed E-state index contributed by atoms with van der Waals surface area (Å²) in [5.41, 5.74) is 0. The fourth-order valence-corrected chi connectivity index (χ4v) is 1.31. The molecule has 0 amide bonds. The van der Waals surface area contributed by atoms with Crippen LogP contribution in [0.15, 0.2) is 0 Å². The van der Waals surface area contributed by atoms with Crippen LogP contribution >= 0.6 is 34.8 Å². The van der Waals surface area contributed by atoms with Gasteiger partial charge in [-0.25, -0.2) is 8.78 Å². The number of hydrogen-bond donors (Lipinski definition) is 1. The highest BCUT2D eigenvalue weighted by atomic mass is 35.5. The Labute approximate surface area is 81.5 Å². The van der Waals surface area contributed by atoms with Crippen molar-refractivity contribution in [3.8, 4) is 5.75 Å². The average molecular weight is 233 g/mol. The maximum Gasteiger partial charge on any atom is 0.167 e. The minimum Gasteiger partial charge on any atom is -0.505 e. The number of halogens is 5. The summed E-state index contributed by atoms with van der Waals surface area (Å²) in [7, 11) is 0. The zero-order valence-corrected chi connectivity index (χ0v) is 7.60. The molecule has 0 fully saturated rings. The molecule has 0 aromatic heterocycles. The molecular weight excluding hydrogens is 232 g/mol. The van der Waals surface area contributed by atoms with E-state index in [1.807, 2.05) is 0 Å². The summed E-state index contributed by atoms with van der Waals surface area (Å²) >= 11 is 15.5. The van der Waals surface area contributed by atoms with Gasteiger partial charge >= 0.3 is 0 Å². The lowest BCUT2D eigenvalue weighted by molar-refractivity contribution is 0.461. The predicted molar refractivity (Wildman–Crippen MR) is 43.1 cm³/mol.